The number of hydrogen-bond donors (Lipinski definition) is 0. The molecule has 0 aliphatic rings. The lowest BCUT2D eigenvalue weighted by Crippen LogP contribution is -2.04. The molecule has 0 atom stereocenters. The van der Waals surface area contributed by atoms with Crippen molar-refractivity contribution in [3.63, 3.8) is 0 Å². The first-order valence-electron chi connectivity index (χ1n) is 5.07. The van der Waals surface area contributed by atoms with Crippen LogP contribution in [-0.2, 0) is 0 Å². The molecule has 0 saturated carbocycles. The van der Waals surface area contributed by atoms with E-state index < -0.39 is 5.24 Å². The first kappa shape index (κ1) is 12.7. The molecule has 0 amide bonds. The summed E-state index contributed by atoms with van der Waals surface area (Å²) >= 11 is 12.9. The van der Waals surface area contributed by atoms with Gasteiger partial charge in [0, 0.05) is 10.1 Å². The van der Waals surface area contributed by atoms with Crippen LogP contribution in [0.3, 0.4) is 0 Å². The van der Waals surface area contributed by atoms with Gasteiger partial charge < -0.3 is 4.74 Å². The van der Waals surface area contributed by atoms with Crippen LogP contribution >= 0.6 is 34.5 Å². The summed E-state index contributed by atoms with van der Waals surface area (Å²) in [6, 6.07) is 5.57. The van der Waals surface area contributed by atoms with Crippen LogP contribution < -0.4 is 4.74 Å². The molecule has 5 heteroatoms. The molecule has 0 N–H and O–H groups in total. The standard InChI is InChI=1S/C12H10Cl2O2S/c1-6(2)16-7-3-4-9-8(5-7)10(13)11(17-9)12(14)15/h3-6H,1-2H3. The third kappa shape index (κ3) is 2.57. The summed E-state index contributed by atoms with van der Waals surface area (Å²) in [7, 11) is 0. The van der Waals surface area contributed by atoms with E-state index in [4.69, 9.17) is 27.9 Å². The highest BCUT2D eigenvalue weighted by Gasteiger charge is 2.15. The number of benzene rings is 1. The Morgan fingerprint density at radius 2 is 2.12 bits per heavy atom. The van der Waals surface area contributed by atoms with Crippen molar-refractivity contribution in [1.82, 2.24) is 0 Å². The molecule has 2 nitrogen and oxygen atoms in total. The zero-order valence-electron chi connectivity index (χ0n) is 9.29. The van der Waals surface area contributed by atoms with Crippen molar-refractivity contribution in [1.29, 1.82) is 0 Å². The maximum Gasteiger partial charge on any atom is 0.263 e. The van der Waals surface area contributed by atoms with E-state index in [1.807, 2.05) is 32.0 Å². The number of thiophene rings is 1. The molecule has 1 aromatic heterocycles. The summed E-state index contributed by atoms with van der Waals surface area (Å²) in [5.41, 5.74) is 0. The maximum atomic E-state index is 11.2. The van der Waals surface area contributed by atoms with E-state index in [0.717, 1.165) is 15.8 Å². The van der Waals surface area contributed by atoms with E-state index in [9.17, 15) is 4.79 Å². The Kier molecular flexibility index (Phi) is 3.61. The molecule has 2 aromatic rings. The molecule has 90 valence electrons. The molecule has 2 rings (SSSR count). The van der Waals surface area contributed by atoms with Crippen molar-refractivity contribution in [2.45, 2.75) is 20.0 Å². The van der Waals surface area contributed by atoms with E-state index in [1.165, 1.54) is 11.3 Å². The van der Waals surface area contributed by atoms with Crippen molar-refractivity contribution in [3.8, 4) is 5.75 Å². The van der Waals surface area contributed by atoms with Crippen LogP contribution in [0.5, 0.6) is 5.75 Å². The van der Waals surface area contributed by atoms with Gasteiger partial charge in [-0.15, -0.1) is 11.3 Å². The molecular weight excluding hydrogens is 279 g/mol. The highest BCUT2D eigenvalue weighted by molar-refractivity contribution is 7.23. The number of carbonyl (C=O) groups excluding carboxylic acids is 1. The van der Waals surface area contributed by atoms with Gasteiger partial charge in [-0.2, -0.15) is 0 Å². The van der Waals surface area contributed by atoms with Gasteiger partial charge in [-0.05, 0) is 43.6 Å². The van der Waals surface area contributed by atoms with Gasteiger partial charge in [0.15, 0.2) is 0 Å². The van der Waals surface area contributed by atoms with Crippen LogP contribution in [0.1, 0.15) is 23.5 Å². The summed E-state index contributed by atoms with van der Waals surface area (Å²) < 4.78 is 6.50. The monoisotopic (exact) mass is 288 g/mol. The van der Waals surface area contributed by atoms with Gasteiger partial charge in [0.05, 0.1) is 11.1 Å². The van der Waals surface area contributed by atoms with Gasteiger partial charge in [-0.25, -0.2) is 0 Å². The fraction of sp³-hybridized carbons (Fsp3) is 0.250. The number of carbonyl (C=O) groups is 1. The zero-order valence-corrected chi connectivity index (χ0v) is 11.6. The highest BCUT2D eigenvalue weighted by Crippen LogP contribution is 2.38. The number of ether oxygens (including phenoxy) is 1. The Bertz CT molecular complexity index is 575. The van der Waals surface area contributed by atoms with Crippen molar-refractivity contribution in [3.05, 3.63) is 28.1 Å². The summed E-state index contributed by atoms with van der Waals surface area (Å²) in [5, 5.41) is 0.681. The molecule has 0 radical (unpaired) electrons. The normalized spacial score (nSPS) is 11.1. The minimum Gasteiger partial charge on any atom is -0.491 e. The minimum absolute atomic E-state index is 0.0963. The molecule has 0 bridgehead atoms. The Labute approximate surface area is 113 Å². The van der Waals surface area contributed by atoms with Crippen LogP contribution in [0.15, 0.2) is 18.2 Å². The van der Waals surface area contributed by atoms with Crippen molar-refractivity contribution < 1.29 is 9.53 Å². The van der Waals surface area contributed by atoms with E-state index in [0.29, 0.717) is 9.90 Å². The first-order valence-corrected chi connectivity index (χ1v) is 6.65. The van der Waals surface area contributed by atoms with E-state index >= 15 is 0 Å². The second kappa shape index (κ2) is 4.84. The predicted octanol–water partition coefficient (Wildman–Crippen LogP) is 4.72. The average molecular weight is 289 g/mol. The Balaban J connectivity index is 2.53. The molecule has 0 spiro atoms. The lowest BCUT2D eigenvalue weighted by molar-refractivity contribution is 0.108. The van der Waals surface area contributed by atoms with Crippen LogP contribution in [0.4, 0.5) is 0 Å². The van der Waals surface area contributed by atoms with Gasteiger partial charge in [-0.1, -0.05) is 11.6 Å². The highest BCUT2D eigenvalue weighted by atomic mass is 35.5. The van der Waals surface area contributed by atoms with Gasteiger partial charge in [0.1, 0.15) is 10.6 Å². The summed E-state index contributed by atoms with van der Waals surface area (Å²) in [6.07, 6.45) is 0.0963. The number of halogens is 2. The van der Waals surface area contributed by atoms with E-state index in [2.05, 4.69) is 0 Å². The third-order valence-corrected chi connectivity index (χ3v) is 4.12. The van der Waals surface area contributed by atoms with Gasteiger partial charge in [0.25, 0.3) is 5.24 Å². The molecule has 0 aliphatic carbocycles. The van der Waals surface area contributed by atoms with Crippen molar-refractivity contribution in [2.24, 2.45) is 0 Å². The van der Waals surface area contributed by atoms with E-state index in [-0.39, 0.29) is 6.10 Å². The fourth-order valence-electron chi connectivity index (χ4n) is 1.52. The maximum absolute atomic E-state index is 11.2. The molecule has 17 heavy (non-hydrogen) atoms. The summed E-state index contributed by atoms with van der Waals surface area (Å²) in [6.45, 7) is 3.90. The first-order chi connectivity index (χ1) is 7.99. The van der Waals surface area contributed by atoms with Crippen LogP contribution in [0.25, 0.3) is 10.1 Å². The summed E-state index contributed by atoms with van der Waals surface area (Å²) in [5.74, 6) is 0.737. The quantitative estimate of drug-likeness (QED) is 0.764. The molecule has 0 saturated heterocycles. The SMILES string of the molecule is CC(C)Oc1ccc2sc(C(=O)Cl)c(Cl)c2c1. The lowest BCUT2D eigenvalue weighted by Gasteiger charge is -2.09. The van der Waals surface area contributed by atoms with E-state index in [1.54, 1.807) is 0 Å². The van der Waals surface area contributed by atoms with Crippen LogP contribution in [0.2, 0.25) is 5.02 Å². The fourth-order valence-corrected chi connectivity index (χ4v) is 3.10. The van der Waals surface area contributed by atoms with Crippen molar-refractivity contribution >= 4 is 49.9 Å². The topological polar surface area (TPSA) is 26.3 Å². The summed E-state index contributed by atoms with van der Waals surface area (Å²) in [4.78, 5) is 11.5. The van der Waals surface area contributed by atoms with Gasteiger partial charge in [0.2, 0.25) is 0 Å². The molecule has 0 fully saturated rings. The molecule has 0 aliphatic heterocycles. The van der Waals surface area contributed by atoms with Crippen LogP contribution in [-0.4, -0.2) is 11.3 Å². The second-order valence-corrected chi connectivity index (χ2v) is 5.62. The largest absolute Gasteiger partial charge is 0.491 e. The van der Waals surface area contributed by atoms with Crippen molar-refractivity contribution in [2.75, 3.05) is 0 Å². The third-order valence-electron chi connectivity index (χ3n) is 2.15. The second-order valence-electron chi connectivity index (χ2n) is 3.84. The zero-order chi connectivity index (χ0) is 12.6. The molecule has 0 unspecified atom stereocenters. The number of rotatable bonds is 3. The van der Waals surface area contributed by atoms with Gasteiger partial charge in [-0.3, -0.25) is 4.79 Å². The average Bonchev–Trinajstić information content (AvgIpc) is 2.56. The Hall–Kier alpha value is -0.770. The molecule has 1 aromatic carbocycles. The molecular formula is C12H10Cl2O2S. The minimum atomic E-state index is -0.525. The number of hydrogen-bond acceptors (Lipinski definition) is 3. The molecule has 1 heterocycles. The Morgan fingerprint density at radius 1 is 1.41 bits per heavy atom. The predicted molar refractivity (Wildman–Crippen MR) is 72.8 cm³/mol. The van der Waals surface area contributed by atoms with Crippen LogP contribution in [0, 0.1) is 0 Å². The smallest absolute Gasteiger partial charge is 0.263 e. The lowest BCUT2D eigenvalue weighted by atomic mass is 10.2. The number of fused-ring (bicyclic) bond motifs is 1. The van der Waals surface area contributed by atoms with Gasteiger partial charge >= 0.3 is 0 Å². The Morgan fingerprint density at radius 3 is 2.71 bits per heavy atom.